The van der Waals surface area contributed by atoms with Crippen LogP contribution >= 0.6 is 11.6 Å². The molecule has 0 atom stereocenters. The van der Waals surface area contributed by atoms with E-state index in [9.17, 15) is 4.79 Å². The normalized spacial score (nSPS) is 9.80. The lowest BCUT2D eigenvalue weighted by atomic mass is 10.5. The first-order valence-electron chi connectivity index (χ1n) is 4.17. The van der Waals surface area contributed by atoms with Crippen molar-refractivity contribution >= 4 is 23.6 Å². The predicted molar refractivity (Wildman–Crippen MR) is 53.8 cm³/mol. The van der Waals surface area contributed by atoms with E-state index in [1.54, 1.807) is 13.0 Å². The number of aromatic nitrogens is 2. The first-order valence-corrected chi connectivity index (χ1v) is 4.55. The minimum atomic E-state index is -0.731. The van der Waals surface area contributed by atoms with Crippen molar-refractivity contribution in [2.75, 3.05) is 18.5 Å². The second kappa shape index (κ2) is 5.47. The molecule has 0 saturated heterocycles. The SMILES string of the molecule is Cc1cc(Cl)nc(NC(=O)OCCO)n1. The molecule has 0 saturated carbocycles. The Morgan fingerprint density at radius 1 is 1.67 bits per heavy atom. The Kier molecular flexibility index (Phi) is 4.26. The van der Waals surface area contributed by atoms with Gasteiger partial charge in [0.2, 0.25) is 5.95 Å². The lowest BCUT2D eigenvalue weighted by Crippen LogP contribution is -2.17. The van der Waals surface area contributed by atoms with E-state index in [-0.39, 0.29) is 24.3 Å². The average molecular weight is 232 g/mol. The summed E-state index contributed by atoms with van der Waals surface area (Å²) in [5.41, 5.74) is 0.632. The molecule has 0 unspecified atom stereocenters. The number of carbonyl (C=O) groups excluding carboxylic acids is 1. The van der Waals surface area contributed by atoms with Crippen LogP contribution in [0.3, 0.4) is 0 Å². The number of aliphatic hydroxyl groups is 1. The van der Waals surface area contributed by atoms with Gasteiger partial charge in [0.25, 0.3) is 0 Å². The van der Waals surface area contributed by atoms with E-state index < -0.39 is 6.09 Å². The van der Waals surface area contributed by atoms with Gasteiger partial charge in [0, 0.05) is 5.69 Å². The zero-order valence-corrected chi connectivity index (χ0v) is 8.78. The van der Waals surface area contributed by atoms with E-state index in [1.807, 2.05) is 0 Å². The van der Waals surface area contributed by atoms with E-state index in [0.717, 1.165) is 0 Å². The standard InChI is InChI=1S/C8H10ClN3O3/c1-5-4-6(9)11-7(10-5)12-8(14)15-3-2-13/h4,13H,2-3H2,1H3,(H,10,11,12,14). The number of nitrogens with one attached hydrogen (secondary N) is 1. The number of rotatable bonds is 3. The minimum absolute atomic E-state index is 0.0722. The number of ether oxygens (including phenoxy) is 1. The quantitative estimate of drug-likeness (QED) is 0.758. The topological polar surface area (TPSA) is 84.3 Å². The van der Waals surface area contributed by atoms with Crippen LogP contribution < -0.4 is 5.32 Å². The monoisotopic (exact) mass is 231 g/mol. The van der Waals surface area contributed by atoms with Crippen molar-refractivity contribution in [1.82, 2.24) is 9.97 Å². The summed E-state index contributed by atoms with van der Waals surface area (Å²) in [4.78, 5) is 18.7. The average Bonchev–Trinajstić information content (AvgIpc) is 2.13. The summed E-state index contributed by atoms with van der Waals surface area (Å²) in [6.45, 7) is 1.41. The van der Waals surface area contributed by atoms with Gasteiger partial charge in [0.15, 0.2) is 0 Å². The smallest absolute Gasteiger partial charge is 0.414 e. The molecule has 1 aromatic heterocycles. The zero-order chi connectivity index (χ0) is 11.3. The van der Waals surface area contributed by atoms with Crippen LogP contribution in [0.15, 0.2) is 6.07 Å². The van der Waals surface area contributed by atoms with Crippen molar-refractivity contribution in [3.05, 3.63) is 16.9 Å². The summed E-state index contributed by atoms with van der Waals surface area (Å²) >= 11 is 5.65. The summed E-state index contributed by atoms with van der Waals surface area (Å²) in [6, 6.07) is 1.56. The highest BCUT2D eigenvalue weighted by Crippen LogP contribution is 2.09. The van der Waals surface area contributed by atoms with Crippen molar-refractivity contribution in [2.24, 2.45) is 0 Å². The summed E-state index contributed by atoms with van der Waals surface area (Å²) < 4.78 is 4.55. The van der Waals surface area contributed by atoms with Crippen LogP contribution in [0.5, 0.6) is 0 Å². The molecule has 2 N–H and O–H groups in total. The molecule has 0 aromatic carbocycles. The Labute approximate surface area is 91.3 Å². The number of aryl methyl sites for hydroxylation is 1. The van der Waals surface area contributed by atoms with E-state index in [0.29, 0.717) is 5.69 Å². The maximum absolute atomic E-state index is 11.0. The molecule has 0 spiro atoms. The van der Waals surface area contributed by atoms with Crippen LogP contribution in [0, 0.1) is 6.92 Å². The van der Waals surface area contributed by atoms with Gasteiger partial charge >= 0.3 is 6.09 Å². The molecule has 0 aliphatic rings. The molecule has 1 rings (SSSR count). The number of nitrogens with zero attached hydrogens (tertiary/aromatic N) is 2. The molecule has 7 heteroatoms. The van der Waals surface area contributed by atoms with Crippen molar-refractivity contribution in [1.29, 1.82) is 0 Å². The molecule has 0 aliphatic carbocycles. The molecule has 1 amide bonds. The van der Waals surface area contributed by atoms with E-state index in [2.05, 4.69) is 20.0 Å². The van der Waals surface area contributed by atoms with E-state index in [1.165, 1.54) is 0 Å². The molecule has 6 nitrogen and oxygen atoms in total. The van der Waals surface area contributed by atoms with Crippen molar-refractivity contribution in [2.45, 2.75) is 6.92 Å². The van der Waals surface area contributed by atoms with Crippen LogP contribution in [0.2, 0.25) is 5.15 Å². The highest BCUT2D eigenvalue weighted by atomic mass is 35.5. The summed E-state index contributed by atoms with van der Waals surface area (Å²) in [6.07, 6.45) is -0.731. The number of hydrogen-bond acceptors (Lipinski definition) is 5. The van der Waals surface area contributed by atoms with Crippen molar-refractivity contribution < 1.29 is 14.6 Å². The molecule has 0 aliphatic heterocycles. The summed E-state index contributed by atoms with van der Waals surface area (Å²) in [5, 5.41) is 10.9. The molecule has 0 fully saturated rings. The molecule has 0 bridgehead atoms. The van der Waals surface area contributed by atoms with E-state index >= 15 is 0 Å². The molecule has 82 valence electrons. The minimum Gasteiger partial charge on any atom is -0.447 e. The van der Waals surface area contributed by atoms with Crippen LogP contribution in [-0.2, 0) is 4.74 Å². The number of halogens is 1. The van der Waals surface area contributed by atoms with Crippen LogP contribution in [0.1, 0.15) is 5.69 Å². The second-order valence-electron chi connectivity index (χ2n) is 2.64. The fraction of sp³-hybridized carbons (Fsp3) is 0.375. The Balaban J connectivity index is 2.60. The Morgan fingerprint density at radius 3 is 3.00 bits per heavy atom. The van der Waals surface area contributed by atoms with Gasteiger partial charge in [0.1, 0.15) is 11.8 Å². The maximum atomic E-state index is 11.0. The molecule has 1 aromatic rings. The Bertz CT molecular complexity index is 339. The molecular weight excluding hydrogens is 222 g/mol. The number of aliphatic hydroxyl groups excluding tert-OH is 1. The lowest BCUT2D eigenvalue weighted by molar-refractivity contribution is 0.131. The number of carbonyl (C=O) groups is 1. The molecule has 1 heterocycles. The molecule has 0 radical (unpaired) electrons. The number of anilines is 1. The lowest BCUT2D eigenvalue weighted by Gasteiger charge is -2.04. The van der Waals surface area contributed by atoms with Crippen molar-refractivity contribution in [3.8, 4) is 0 Å². The van der Waals surface area contributed by atoms with Gasteiger partial charge in [0.05, 0.1) is 6.61 Å². The maximum Gasteiger partial charge on any atom is 0.414 e. The van der Waals surface area contributed by atoms with Gasteiger partial charge < -0.3 is 9.84 Å². The highest BCUT2D eigenvalue weighted by Gasteiger charge is 2.06. The highest BCUT2D eigenvalue weighted by molar-refractivity contribution is 6.29. The van der Waals surface area contributed by atoms with Gasteiger partial charge in [-0.25, -0.2) is 14.8 Å². The first-order chi connectivity index (χ1) is 7.11. The number of amides is 1. The number of hydrogen-bond donors (Lipinski definition) is 2. The third-order valence-corrected chi connectivity index (χ3v) is 1.55. The van der Waals surface area contributed by atoms with Crippen LogP contribution in [-0.4, -0.2) is 34.4 Å². The van der Waals surface area contributed by atoms with Crippen LogP contribution in [0.25, 0.3) is 0 Å². The summed E-state index contributed by atoms with van der Waals surface area (Å²) in [7, 11) is 0. The largest absolute Gasteiger partial charge is 0.447 e. The van der Waals surface area contributed by atoms with Crippen LogP contribution in [0.4, 0.5) is 10.7 Å². The van der Waals surface area contributed by atoms with Gasteiger partial charge in [-0.2, -0.15) is 0 Å². The van der Waals surface area contributed by atoms with Crippen molar-refractivity contribution in [3.63, 3.8) is 0 Å². The third-order valence-electron chi connectivity index (χ3n) is 1.36. The third kappa shape index (κ3) is 4.09. The molecular formula is C8H10ClN3O3. The van der Waals surface area contributed by atoms with Gasteiger partial charge in [-0.15, -0.1) is 0 Å². The fourth-order valence-corrected chi connectivity index (χ4v) is 1.09. The van der Waals surface area contributed by atoms with Gasteiger partial charge in [-0.3, -0.25) is 5.32 Å². The Hall–Kier alpha value is -1.40. The van der Waals surface area contributed by atoms with E-state index in [4.69, 9.17) is 16.7 Å². The first kappa shape index (κ1) is 11.7. The molecule has 15 heavy (non-hydrogen) atoms. The Morgan fingerprint density at radius 2 is 2.40 bits per heavy atom. The predicted octanol–water partition coefficient (Wildman–Crippen LogP) is 0.979. The van der Waals surface area contributed by atoms with Gasteiger partial charge in [-0.1, -0.05) is 11.6 Å². The zero-order valence-electron chi connectivity index (χ0n) is 8.03. The second-order valence-corrected chi connectivity index (χ2v) is 3.03. The summed E-state index contributed by atoms with van der Waals surface area (Å²) in [5.74, 6) is 0.0722. The van der Waals surface area contributed by atoms with Gasteiger partial charge in [-0.05, 0) is 13.0 Å². The fourth-order valence-electron chi connectivity index (χ4n) is 0.852.